The number of hydrogen-bond donors (Lipinski definition) is 2. The van der Waals surface area contributed by atoms with Crippen LogP contribution in [0.25, 0.3) is 0 Å². The van der Waals surface area contributed by atoms with E-state index >= 15 is 0 Å². The Bertz CT molecular complexity index is 433. The molecule has 0 spiro atoms. The lowest BCUT2D eigenvalue weighted by Crippen LogP contribution is -2.34. The molecule has 0 aliphatic carbocycles. The average molecular weight is 266 g/mol. The van der Waals surface area contributed by atoms with Crippen LogP contribution in [0.2, 0.25) is 0 Å². The van der Waals surface area contributed by atoms with Crippen molar-refractivity contribution in [1.82, 2.24) is 5.32 Å². The molecule has 0 aliphatic rings. The van der Waals surface area contributed by atoms with Gasteiger partial charge in [-0.25, -0.2) is 0 Å². The molecule has 1 rings (SSSR count). The maximum atomic E-state index is 10.9. The summed E-state index contributed by atoms with van der Waals surface area (Å²) in [5, 5.41) is 23.3. The standard InChI is InChI=1S/C14H22N2O3/c1-10(2)13(7-8-17)15-9-12-5-4-6-14(11(12)3)16(18)19/h4-6,10,13,15,17H,7-9H2,1-3H3. The molecule has 0 aliphatic heterocycles. The minimum atomic E-state index is -0.355. The Morgan fingerprint density at radius 3 is 2.63 bits per heavy atom. The first-order valence-corrected chi connectivity index (χ1v) is 6.54. The van der Waals surface area contributed by atoms with Crippen LogP contribution < -0.4 is 5.32 Å². The van der Waals surface area contributed by atoms with Crippen molar-refractivity contribution in [2.75, 3.05) is 6.61 Å². The number of benzene rings is 1. The molecule has 1 atom stereocenters. The number of aliphatic hydroxyl groups excluding tert-OH is 1. The molecule has 0 radical (unpaired) electrons. The van der Waals surface area contributed by atoms with Crippen LogP contribution in [-0.4, -0.2) is 22.7 Å². The summed E-state index contributed by atoms with van der Waals surface area (Å²) in [5.41, 5.74) is 1.78. The van der Waals surface area contributed by atoms with Crippen molar-refractivity contribution in [3.63, 3.8) is 0 Å². The van der Waals surface area contributed by atoms with Crippen LogP contribution in [-0.2, 0) is 6.54 Å². The summed E-state index contributed by atoms with van der Waals surface area (Å²) in [5.74, 6) is 0.408. The Kier molecular flexibility index (Phi) is 5.92. The van der Waals surface area contributed by atoms with Crippen molar-refractivity contribution >= 4 is 5.69 Å². The quantitative estimate of drug-likeness (QED) is 0.587. The molecule has 0 heterocycles. The van der Waals surface area contributed by atoms with Crippen molar-refractivity contribution in [1.29, 1.82) is 0 Å². The molecule has 0 amide bonds. The van der Waals surface area contributed by atoms with Gasteiger partial charge in [0.05, 0.1) is 4.92 Å². The van der Waals surface area contributed by atoms with Crippen LogP contribution in [0.3, 0.4) is 0 Å². The highest BCUT2D eigenvalue weighted by molar-refractivity contribution is 5.44. The van der Waals surface area contributed by atoms with E-state index in [4.69, 9.17) is 5.11 Å². The van der Waals surface area contributed by atoms with Gasteiger partial charge in [-0.1, -0.05) is 26.0 Å². The van der Waals surface area contributed by atoms with Crippen molar-refractivity contribution in [3.8, 4) is 0 Å². The molecule has 5 heteroatoms. The van der Waals surface area contributed by atoms with E-state index in [2.05, 4.69) is 19.2 Å². The number of hydrogen-bond acceptors (Lipinski definition) is 4. The predicted molar refractivity (Wildman–Crippen MR) is 75.0 cm³/mol. The molecule has 0 fully saturated rings. The summed E-state index contributed by atoms with van der Waals surface area (Å²) >= 11 is 0. The van der Waals surface area contributed by atoms with Gasteiger partial charge < -0.3 is 10.4 Å². The van der Waals surface area contributed by atoms with Gasteiger partial charge in [0.1, 0.15) is 0 Å². The van der Waals surface area contributed by atoms with Gasteiger partial charge in [0.25, 0.3) is 5.69 Å². The van der Waals surface area contributed by atoms with Crippen LogP contribution in [0, 0.1) is 23.0 Å². The molecule has 1 aromatic carbocycles. The van der Waals surface area contributed by atoms with Crippen LogP contribution in [0.5, 0.6) is 0 Å². The Labute approximate surface area is 113 Å². The largest absolute Gasteiger partial charge is 0.396 e. The fourth-order valence-corrected chi connectivity index (χ4v) is 2.11. The van der Waals surface area contributed by atoms with E-state index in [0.29, 0.717) is 24.4 Å². The van der Waals surface area contributed by atoms with E-state index in [-0.39, 0.29) is 23.3 Å². The van der Waals surface area contributed by atoms with Crippen molar-refractivity contribution in [3.05, 3.63) is 39.4 Å². The third-order valence-corrected chi connectivity index (χ3v) is 3.41. The lowest BCUT2D eigenvalue weighted by Gasteiger charge is -2.22. The molecule has 0 aromatic heterocycles. The molecule has 2 N–H and O–H groups in total. The van der Waals surface area contributed by atoms with Gasteiger partial charge in [0.15, 0.2) is 0 Å². The fourth-order valence-electron chi connectivity index (χ4n) is 2.11. The van der Waals surface area contributed by atoms with Crippen LogP contribution in [0.4, 0.5) is 5.69 Å². The van der Waals surface area contributed by atoms with Gasteiger partial charge >= 0.3 is 0 Å². The number of rotatable bonds is 7. The summed E-state index contributed by atoms with van der Waals surface area (Å²) in [7, 11) is 0. The predicted octanol–water partition coefficient (Wildman–Crippen LogP) is 2.40. The van der Waals surface area contributed by atoms with E-state index in [1.165, 1.54) is 6.07 Å². The maximum Gasteiger partial charge on any atom is 0.272 e. The Morgan fingerprint density at radius 1 is 1.42 bits per heavy atom. The number of aliphatic hydroxyl groups is 1. The second-order valence-corrected chi connectivity index (χ2v) is 5.06. The summed E-state index contributed by atoms with van der Waals surface area (Å²) in [6.07, 6.45) is 0.686. The van der Waals surface area contributed by atoms with Gasteiger partial charge in [0, 0.05) is 30.8 Å². The van der Waals surface area contributed by atoms with E-state index in [0.717, 1.165) is 5.56 Å². The molecule has 106 valence electrons. The number of nitrogens with zero attached hydrogens (tertiary/aromatic N) is 1. The minimum Gasteiger partial charge on any atom is -0.396 e. The zero-order valence-corrected chi connectivity index (χ0v) is 11.7. The molecule has 1 unspecified atom stereocenters. The lowest BCUT2D eigenvalue weighted by atomic mass is 10.00. The van der Waals surface area contributed by atoms with Crippen molar-refractivity contribution in [2.45, 2.75) is 39.8 Å². The smallest absolute Gasteiger partial charge is 0.272 e. The molecule has 0 saturated heterocycles. The first-order chi connectivity index (χ1) is 8.97. The number of nitro benzene ring substituents is 1. The second-order valence-electron chi connectivity index (χ2n) is 5.06. The summed E-state index contributed by atoms with van der Waals surface area (Å²) in [6.45, 7) is 6.67. The van der Waals surface area contributed by atoms with Gasteiger partial charge in [0.2, 0.25) is 0 Å². The second kappa shape index (κ2) is 7.21. The molecule has 1 aromatic rings. The topological polar surface area (TPSA) is 75.4 Å². The molecule has 5 nitrogen and oxygen atoms in total. The van der Waals surface area contributed by atoms with Crippen molar-refractivity contribution < 1.29 is 10.0 Å². The fraction of sp³-hybridized carbons (Fsp3) is 0.571. The Morgan fingerprint density at radius 2 is 2.11 bits per heavy atom. The molecule has 0 saturated carbocycles. The monoisotopic (exact) mass is 266 g/mol. The van der Waals surface area contributed by atoms with Crippen LogP contribution in [0.1, 0.15) is 31.4 Å². The normalized spacial score (nSPS) is 12.7. The summed E-state index contributed by atoms with van der Waals surface area (Å²) in [6, 6.07) is 5.33. The van der Waals surface area contributed by atoms with E-state index in [9.17, 15) is 10.1 Å². The van der Waals surface area contributed by atoms with Crippen molar-refractivity contribution in [2.24, 2.45) is 5.92 Å². The first kappa shape index (κ1) is 15.6. The lowest BCUT2D eigenvalue weighted by molar-refractivity contribution is -0.385. The number of nitrogens with one attached hydrogen (secondary N) is 1. The third-order valence-electron chi connectivity index (χ3n) is 3.41. The Hall–Kier alpha value is -1.46. The first-order valence-electron chi connectivity index (χ1n) is 6.54. The SMILES string of the molecule is Cc1c(CNC(CCO)C(C)C)cccc1[N+](=O)[O-]. The maximum absolute atomic E-state index is 10.9. The highest BCUT2D eigenvalue weighted by atomic mass is 16.6. The zero-order chi connectivity index (χ0) is 14.4. The van der Waals surface area contributed by atoms with Crippen LogP contribution >= 0.6 is 0 Å². The molecule has 19 heavy (non-hydrogen) atoms. The summed E-state index contributed by atoms with van der Waals surface area (Å²) < 4.78 is 0. The van der Waals surface area contributed by atoms with E-state index in [1.807, 2.05) is 6.07 Å². The molecular weight excluding hydrogens is 244 g/mol. The zero-order valence-electron chi connectivity index (χ0n) is 11.7. The van der Waals surface area contributed by atoms with E-state index in [1.54, 1.807) is 13.0 Å². The minimum absolute atomic E-state index is 0.143. The van der Waals surface area contributed by atoms with Gasteiger partial charge in [-0.05, 0) is 24.8 Å². The van der Waals surface area contributed by atoms with Gasteiger partial charge in [-0.3, -0.25) is 10.1 Å². The Balaban J connectivity index is 2.77. The van der Waals surface area contributed by atoms with Gasteiger partial charge in [-0.2, -0.15) is 0 Å². The van der Waals surface area contributed by atoms with Gasteiger partial charge in [-0.15, -0.1) is 0 Å². The average Bonchev–Trinajstić information content (AvgIpc) is 2.35. The molecule has 0 bridgehead atoms. The highest BCUT2D eigenvalue weighted by Crippen LogP contribution is 2.21. The molecular formula is C14H22N2O3. The number of nitro groups is 1. The third kappa shape index (κ3) is 4.29. The van der Waals surface area contributed by atoms with E-state index < -0.39 is 0 Å². The van der Waals surface area contributed by atoms with Crippen LogP contribution in [0.15, 0.2) is 18.2 Å². The highest BCUT2D eigenvalue weighted by Gasteiger charge is 2.15. The summed E-state index contributed by atoms with van der Waals surface area (Å²) in [4.78, 5) is 10.5.